The maximum Gasteiger partial charge on any atom is 0.189 e. The molecule has 0 aliphatic carbocycles. The first-order chi connectivity index (χ1) is 9.61. The van der Waals surface area contributed by atoms with Gasteiger partial charge in [-0.25, -0.2) is 0 Å². The van der Waals surface area contributed by atoms with E-state index in [-0.39, 0.29) is 5.43 Å². The fraction of sp³-hybridized carbons (Fsp3) is 0.118. The third-order valence-electron chi connectivity index (χ3n) is 3.19. The molecule has 3 aromatic rings. The van der Waals surface area contributed by atoms with E-state index in [1.54, 1.807) is 12.1 Å². The molecule has 1 heterocycles. The van der Waals surface area contributed by atoms with Gasteiger partial charge in [-0.3, -0.25) is 4.79 Å². The van der Waals surface area contributed by atoms with Gasteiger partial charge in [-0.2, -0.15) is 0 Å². The van der Waals surface area contributed by atoms with Crippen molar-refractivity contribution in [1.29, 1.82) is 0 Å². The lowest BCUT2D eigenvalue weighted by Crippen LogP contribution is -2.02. The van der Waals surface area contributed by atoms with Crippen LogP contribution in [0.5, 0.6) is 11.5 Å². The first kappa shape index (κ1) is 12.5. The second kappa shape index (κ2) is 4.85. The van der Waals surface area contributed by atoms with Crippen LogP contribution in [-0.4, -0.2) is 4.98 Å². The smallest absolute Gasteiger partial charge is 0.189 e. The molecule has 0 bridgehead atoms. The molecule has 3 heteroatoms. The molecule has 0 fully saturated rings. The summed E-state index contributed by atoms with van der Waals surface area (Å²) in [5.74, 6) is 1.43. The largest absolute Gasteiger partial charge is 0.457 e. The van der Waals surface area contributed by atoms with Crippen molar-refractivity contribution >= 4 is 10.9 Å². The minimum atomic E-state index is 0.00519. The van der Waals surface area contributed by atoms with Crippen LogP contribution < -0.4 is 10.2 Å². The number of H-pyrrole nitrogens is 1. The molecule has 1 aromatic heterocycles. The Bertz CT molecular complexity index is 817. The molecule has 3 rings (SSSR count). The molecule has 0 amide bonds. The molecule has 0 aliphatic rings. The number of hydrogen-bond donors (Lipinski definition) is 1. The number of fused-ring (bicyclic) bond motifs is 1. The molecular formula is C17H15NO2. The quantitative estimate of drug-likeness (QED) is 0.762. The molecular weight excluding hydrogens is 250 g/mol. The lowest BCUT2D eigenvalue weighted by atomic mass is 10.2. The van der Waals surface area contributed by atoms with Gasteiger partial charge >= 0.3 is 0 Å². The van der Waals surface area contributed by atoms with E-state index < -0.39 is 0 Å². The van der Waals surface area contributed by atoms with Crippen LogP contribution in [0.15, 0.2) is 53.3 Å². The minimum absolute atomic E-state index is 0.00519. The molecule has 0 saturated heterocycles. The van der Waals surface area contributed by atoms with E-state index in [1.165, 1.54) is 5.56 Å². The fourth-order valence-electron chi connectivity index (χ4n) is 2.17. The summed E-state index contributed by atoms with van der Waals surface area (Å²) in [5.41, 5.74) is 2.87. The van der Waals surface area contributed by atoms with Gasteiger partial charge in [0.15, 0.2) is 5.43 Å². The van der Waals surface area contributed by atoms with E-state index in [9.17, 15) is 4.79 Å². The van der Waals surface area contributed by atoms with E-state index in [4.69, 9.17) is 4.74 Å². The van der Waals surface area contributed by atoms with Crippen molar-refractivity contribution in [2.24, 2.45) is 0 Å². The van der Waals surface area contributed by atoms with Gasteiger partial charge in [0.2, 0.25) is 0 Å². The van der Waals surface area contributed by atoms with E-state index in [1.807, 2.05) is 50.2 Å². The van der Waals surface area contributed by atoms with Crippen LogP contribution >= 0.6 is 0 Å². The average Bonchev–Trinajstić information content (AvgIpc) is 2.42. The van der Waals surface area contributed by atoms with E-state index in [0.717, 1.165) is 17.0 Å². The molecule has 0 radical (unpaired) electrons. The van der Waals surface area contributed by atoms with Crippen molar-refractivity contribution in [1.82, 2.24) is 4.98 Å². The predicted molar refractivity (Wildman–Crippen MR) is 80.6 cm³/mol. The van der Waals surface area contributed by atoms with Gasteiger partial charge < -0.3 is 9.72 Å². The number of hydrogen-bond acceptors (Lipinski definition) is 2. The third kappa shape index (κ3) is 2.43. The number of pyridine rings is 1. The Kier molecular flexibility index (Phi) is 3.03. The highest BCUT2D eigenvalue weighted by Gasteiger charge is 2.03. The summed E-state index contributed by atoms with van der Waals surface area (Å²) in [5, 5.41) is 0.639. The SMILES string of the molecule is Cc1ccc(Oc2ccc3[nH]c(C)cc(=O)c3c2)cc1. The van der Waals surface area contributed by atoms with Gasteiger partial charge in [0, 0.05) is 22.7 Å². The van der Waals surface area contributed by atoms with Gasteiger partial charge in [0.05, 0.1) is 0 Å². The van der Waals surface area contributed by atoms with Crippen molar-refractivity contribution in [2.45, 2.75) is 13.8 Å². The zero-order chi connectivity index (χ0) is 14.1. The summed E-state index contributed by atoms with van der Waals surface area (Å²) >= 11 is 0. The predicted octanol–water partition coefficient (Wildman–Crippen LogP) is 3.94. The average molecular weight is 265 g/mol. The Labute approximate surface area is 116 Å². The van der Waals surface area contributed by atoms with Crippen LogP contribution in [0.25, 0.3) is 10.9 Å². The highest BCUT2D eigenvalue weighted by atomic mass is 16.5. The summed E-state index contributed by atoms with van der Waals surface area (Å²) in [6.07, 6.45) is 0. The molecule has 0 aliphatic heterocycles. The lowest BCUT2D eigenvalue weighted by molar-refractivity contribution is 0.483. The van der Waals surface area contributed by atoms with E-state index in [0.29, 0.717) is 11.1 Å². The van der Waals surface area contributed by atoms with Gasteiger partial charge in [0.25, 0.3) is 0 Å². The molecule has 0 saturated carbocycles. The minimum Gasteiger partial charge on any atom is -0.457 e. The van der Waals surface area contributed by atoms with Crippen LogP contribution in [0.2, 0.25) is 0 Å². The van der Waals surface area contributed by atoms with Crippen LogP contribution in [0.4, 0.5) is 0 Å². The topological polar surface area (TPSA) is 42.1 Å². The van der Waals surface area contributed by atoms with Gasteiger partial charge in [-0.15, -0.1) is 0 Å². The first-order valence-corrected chi connectivity index (χ1v) is 6.50. The summed E-state index contributed by atoms with van der Waals surface area (Å²) in [6.45, 7) is 3.90. The normalized spacial score (nSPS) is 10.7. The van der Waals surface area contributed by atoms with Crippen molar-refractivity contribution in [2.75, 3.05) is 0 Å². The van der Waals surface area contributed by atoms with Gasteiger partial charge in [-0.1, -0.05) is 17.7 Å². The summed E-state index contributed by atoms with van der Waals surface area (Å²) in [6, 6.07) is 14.9. The Morgan fingerprint density at radius 3 is 2.35 bits per heavy atom. The van der Waals surface area contributed by atoms with E-state index in [2.05, 4.69) is 4.98 Å². The summed E-state index contributed by atoms with van der Waals surface area (Å²) in [4.78, 5) is 15.1. The van der Waals surface area contributed by atoms with Crippen molar-refractivity contribution < 1.29 is 4.74 Å². The monoisotopic (exact) mass is 265 g/mol. The standard InChI is InChI=1S/C17H15NO2/c1-11-3-5-13(6-4-11)20-14-7-8-16-15(10-14)17(19)9-12(2)18-16/h3-10H,1-2H3,(H,18,19). The van der Waals surface area contributed by atoms with Crippen molar-refractivity contribution in [3.8, 4) is 11.5 Å². The molecule has 1 N–H and O–H groups in total. The number of aromatic amines is 1. The molecule has 3 nitrogen and oxygen atoms in total. The molecule has 0 spiro atoms. The van der Waals surface area contributed by atoms with Crippen LogP contribution in [-0.2, 0) is 0 Å². The number of ether oxygens (including phenoxy) is 1. The summed E-state index contributed by atoms with van der Waals surface area (Å²) in [7, 11) is 0. The van der Waals surface area contributed by atoms with Crippen molar-refractivity contribution in [3.05, 3.63) is 70.0 Å². The van der Waals surface area contributed by atoms with Crippen LogP contribution in [0.3, 0.4) is 0 Å². The number of nitrogens with one attached hydrogen (secondary N) is 1. The number of rotatable bonds is 2. The summed E-state index contributed by atoms with van der Waals surface area (Å²) < 4.78 is 5.77. The zero-order valence-corrected chi connectivity index (χ0v) is 11.4. The molecule has 0 unspecified atom stereocenters. The maximum absolute atomic E-state index is 12.0. The number of benzene rings is 2. The Morgan fingerprint density at radius 1 is 0.900 bits per heavy atom. The second-order valence-electron chi connectivity index (χ2n) is 4.94. The maximum atomic E-state index is 12.0. The fourth-order valence-corrected chi connectivity index (χ4v) is 2.17. The zero-order valence-electron chi connectivity index (χ0n) is 11.4. The lowest BCUT2D eigenvalue weighted by Gasteiger charge is -2.07. The van der Waals surface area contributed by atoms with E-state index >= 15 is 0 Å². The highest BCUT2D eigenvalue weighted by molar-refractivity contribution is 5.80. The molecule has 20 heavy (non-hydrogen) atoms. The van der Waals surface area contributed by atoms with Crippen molar-refractivity contribution in [3.63, 3.8) is 0 Å². The van der Waals surface area contributed by atoms with Crippen LogP contribution in [0, 0.1) is 13.8 Å². The number of aromatic nitrogens is 1. The molecule has 100 valence electrons. The first-order valence-electron chi connectivity index (χ1n) is 6.50. The molecule has 0 atom stereocenters. The second-order valence-corrected chi connectivity index (χ2v) is 4.94. The Balaban J connectivity index is 2.01. The molecule has 2 aromatic carbocycles. The van der Waals surface area contributed by atoms with Gasteiger partial charge in [0.1, 0.15) is 11.5 Å². The van der Waals surface area contributed by atoms with Crippen LogP contribution in [0.1, 0.15) is 11.3 Å². The number of aryl methyl sites for hydroxylation is 2. The highest BCUT2D eigenvalue weighted by Crippen LogP contribution is 2.24. The van der Waals surface area contributed by atoms with Gasteiger partial charge in [-0.05, 0) is 44.2 Å². The Morgan fingerprint density at radius 2 is 1.60 bits per heavy atom. The third-order valence-corrected chi connectivity index (χ3v) is 3.19. The Hall–Kier alpha value is -2.55.